The first-order valence-corrected chi connectivity index (χ1v) is 7.52. The minimum absolute atomic E-state index is 0.157. The van der Waals surface area contributed by atoms with Crippen molar-refractivity contribution in [1.29, 1.82) is 10.5 Å². The van der Waals surface area contributed by atoms with Crippen molar-refractivity contribution in [3.63, 3.8) is 0 Å². The van der Waals surface area contributed by atoms with Crippen molar-refractivity contribution >= 4 is 17.3 Å². The van der Waals surface area contributed by atoms with Crippen molar-refractivity contribution in [1.82, 2.24) is 0 Å². The van der Waals surface area contributed by atoms with E-state index < -0.39 is 5.91 Å². The predicted molar refractivity (Wildman–Crippen MR) is 96.7 cm³/mol. The lowest BCUT2D eigenvalue weighted by molar-refractivity contribution is -0.112. The maximum atomic E-state index is 12.3. The Morgan fingerprint density at radius 3 is 2.50 bits per heavy atom. The van der Waals surface area contributed by atoms with Crippen LogP contribution in [0.15, 0.2) is 54.2 Å². The normalized spacial score (nSPS) is 10.2. The fourth-order valence-corrected chi connectivity index (χ4v) is 2.10. The fraction of sp³-hybridized carbons (Fsp3) is 0.105. The Bertz CT molecular complexity index is 923. The van der Waals surface area contributed by atoms with Gasteiger partial charge in [0.1, 0.15) is 29.2 Å². The second kappa shape index (κ2) is 8.76. The zero-order valence-electron chi connectivity index (χ0n) is 14.2. The average Bonchev–Trinajstić information content (AvgIpc) is 2.68. The van der Waals surface area contributed by atoms with Gasteiger partial charge in [-0.05, 0) is 24.3 Å². The lowest BCUT2D eigenvalue weighted by Crippen LogP contribution is -2.15. The van der Waals surface area contributed by atoms with Crippen LogP contribution in [0.5, 0.6) is 11.5 Å². The molecule has 0 aliphatic heterocycles. The third kappa shape index (κ3) is 4.31. The minimum atomic E-state index is -0.629. The van der Waals surface area contributed by atoms with Crippen LogP contribution in [0.2, 0.25) is 0 Å². The Labute approximate surface area is 151 Å². The molecule has 0 saturated heterocycles. The number of ether oxygens (including phenoxy) is 2. The number of anilines is 2. The Kier molecular flexibility index (Phi) is 6.19. The molecule has 7 nitrogen and oxygen atoms in total. The second-order valence-electron chi connectivity index (χ2n) is 4.99. The van der Waals surface area contributed by atoms with Crippen molar-refractivity contribution in [3.05, 3.63) is 59.8 Å². The number of rotatable bonds is 6. The number of methoxy groups -OCH3 is 2. The van der Waals surface area contributed by atoms with Crippen LogP contribution in [0.25, 0.3) is 0 Å². The van der Waals surface area contributed by atoms with E-state index in [-0.39, 0.29) is 5.57 Å². The predicted octanol–water partition coefficient (Wildman–Crippen LogP) is 3.03. The summed E-state index contributed by atoms with van der Waals surface area (Å²) < 4.78 is 10.4. The summed E-state index contributed by atoms with van der Waals surface area (Å²) in [4.78, 5) is 12.3. The average molecular weight is 348 g/mol. The highest BCUT2D eigenvalue weighted by molar-refractivity contribution is 6.07. The topological polar surface area (TPSA) is 107 Å². The van der Waals surface area contributed by atoms with Crippen molar-refractivity contribution in [2.45, 2.75) is 0 Å². The molecule has 2 aromatic carbocycles. The first kappa shape index (κ1) is 18.4. The van der Waals surface area contributed by atoms with Crippen LogP contribution in [-0.2, 0) is 4.79 Å². The van der Waals surface area contributed by atoms with E-state index in [0.29, 0.717) is 28.4 Å². The second-order valence-corrected chi connectivity index (χ2v) is 4.99. The van der Waals surface area contributed by atoms with Crippen LogP contribution in [0, 0.1) is 22.7 Å². The van der Waals surface area contributed by atoms with Crippen LogP contribution < -0.4 is 20.1 Å². The molecule has 0 bridgehead atoms. The number of para-hydroxylation sites is 1. The lowest BCUT2D eigenvalue weighted by Gasteiger charge is -2.10. The molecule has 0 aliphatic carbocycles. The molecule has 0 unspecified atom stereocenters. The minimum Gasteiger partial charge on any atom is -0.497 e. The number of nitriles is 2. The molecule has 2 rings (SSSR count). The van der Waals surface area contributed by atoms with Gasteiger partial charge in [0.2, 0.25) is 0 Å². The molecule has 0 fully saturated rings. The van der Waals surface area contributed by atoms with Gasteiger partial charge in [-0.2, -0.15) is 10.5 Å². The summed E-state index contributed by atoms with van der Waals surface area (Å²) in [6, 6.07) is 15.4. The number of carbonyl (C=O) groups is 1. The zero-order valence-corrected chi connectivity index (χ0v) is 14.2. The molecular weight excluding hydrogens is 332 g/mol. The SMILES string of the molecule is COc1ccc(N/C=C(/C#N)C(=O)Nc2ccccc2C#N)c(OC)c1. The molecule has 2 N–H and O–H groups in total. The third-order valence-electron chi connectivity index (χ3n) is 3.44. The Morgan fingerprint density at radius 2 is 1.85 bits per heavy atom. The first-order valence-electron chi connectivity index (χ1n) is 7.52. The van der Waals surface area contributed by atoms with Gasteiger partial charge in [-0.1, -0.05) is 12.1 Å². The maximum absolute atomic E-state index is 12.3. The van der Waals surface area contributed by atoms with E-state index in [4.69, 9.17) is 14.7 Å². The molecule has 0 heterocycles. The van der Waals surface area contributed by atoms with Gasteiger partial charge in [-0.15, -0.1) is 0 Å². The van der Waals surface area contributed by atoms with Crippen LogP contribution in [0.4, 0.5) is 11.4 Å². The molecular formula is C19H16N4O3. The first-order chi connectivity index (χ1) is 12.6. The van der Waals surface area contributed by atoms with Gasteiger partial charge in [0.15, 0.2) is 0 Å². The van der Waals surface area contributed by atoms with Gasteiger partial charge < -0.3 is 20.1 Å². The summed E-state index contributed by atoms with van der Waals surface area (Å²) in [7, 11) is 3.04. The van der Waals surface area contributed by atoms with E-state index in [1.54, 1.807) is 49.6 Å². The number of nitrogens with zero attached hydrogens (tertiary/aromatic N) is 2. The van der Waals surface area contributed by atoms with Crippen molar-refractivity contribution in [2.75, 3.05) is 24.9 Å². The van der Waals surface area contributed by atoms with E-state index in [1.165, 1.54) is 13.3 Å². The van der Waals surface area contributed by atoms with E-state index in [2.05, 4.69) is 10.6 Å². The Morgan fingerprint density at radius 1 is 1.08 bits per heavy atom. The summed E-state index contributed by atoms with van der Waals surface area (Å²) >= 11 is 0. The highest BCUT2D eigenvalue weighted by Crippen LogP contribution is 2.29. The molecule has 130 valence electrons. The highest BCUT2D eigenvalue weighted by Gasteiger charge is 2.12. The number of nitrogens with one attached hydrogen (secondary N) is 2. The van der Waals surface area contributed by atoms with Crippen LogP contribution >= 0.6 is 0 Å². The number of amides is 1. The Hall–Kier alpha value is -3.97. The zero-order chi connectivity index (χ0) is 18.9. The maximum Gasteiger partial charge on any atom is 0.267 e. The summed E-state index contributed by atoms with van der Waals surface area (Å²) in [5, 5.41) is 23.7. The highest BCUT2D eigenvalue weighted by atomic mass is 16.5. The van der Waals surface area contributed by atoms with Crippen molar-refractivity contribution in [3.8, 4) is 23.6 Å². The van der Waals surface area contributed by atoms with Crippen LogP contribution in [-0.4, -0.2) is 20.1 Å². The summed E-state index contributed by atoms with van der Waals surface area (Å²) in [5.74, 6) is 0.478. The summed E-state index contributed by atoms with van der Waals surface area (Å²) in [6.45, 7) is 0. The van der Waals surface area contributed by atoms with E-state index in [1.807, 2.05) is 12.1 Å². The summed E-state index contributed by atoms with van der Waals surface area (Å²) in [5.41, 5.74) is 1.05. The van der Waals surface area contributed by atoms with Gasteiger partial charge in [0, 0.05) is 12.3 Å². The molecule has 7 heteroatoms. The molecule has 0 radical (unpaired) electrons. The fourth-order valence-electron chi connectivity index (χ4n) is 2.10. The molecule has 1 amide bonds. The van der Waals surface area contributed by atoms with Gasteiger partial charge in [0.05, 0.1) is 31.2 Å². The summed E-state index contributed by atoms with van der Waals surface area (Å²) in [6.07, 6.45) is 1.27. The third-order valence-corrected chi connectivity index (χ3v) is 3.44. The number of hydrogen-bond acceptors (Lipinski definition) is 6. The molecule has 2 aromatic rings. The van der Waals surface area contributed by atoms with Gasteiger partial charge in [0.25, 0.3) is 5.91 Å². The standard InChI is InChI=1S/C19H16N4O3/c1-25-15-7-8-17(18(9-15)26-2)22-12-14(11-21)19(24)23-16-6-4-3-5-13(16)10-20/h3-9,12,22H,1-2H3,(H,23,24)/b14-12-. The van der Waals surface area contributed by atoms with Crippen LogP contribution in [0.1, 0.15) is 5.56 Å². The van der Waals surface area contributed by atoms with E-state index in [9.17, 15) is 10.1 Å². The smallest absolute Gasteiger partial charge is 0.267 e. The number of hydrogen-bond donors (Lipinski definition) is 2. The van der Waals surface area contributed by atoms with Crippen molar-refractivity contribution < 1.29 is 14.3 Å². The van der Waals surface area contributed by atoms with Gasteiger partial charge >= 0.3 is 0 Å². The molecule has 0 aliphatic rings. The van der Waals surface area contributed by atoms with Crippen molar-refractivity contribution in [2.24, 2.45) is 0 Å². The number of carbonyl (C=O) groups excluding carboxylic acids is 1. The quantitative estimate of drug-likeness (QED) is 0.614. The largest absolute Gasteiger partial charge is 0.497 e. The lowest BCUT2D eigenvalue weighted by atomic mass is 10.2. The van der Waals surface area contributed by atoms with E-state index in [0.717, 1.165) is 0 Å². The molecule has 0 saturated carbocycles. The molecule has 26 heavy (non-hydrogen) atoms. The van der Waals surface area contributed by atoms with Gasteiger partial charge in [-0.25, -0.2) is 0 Å². The molecule has 0 aromatic heterocycles. The molecule has 0 spiro atoms. The van der Waals surface area contributed by atoms with E-state index >= 15 is 0 Å². The molecule has 0 atom stereocenters. The van der Waals surface area contributed by atoms with Crippen LogP contribution in [0.3, 0.4) is 0 Å². The number of benzene rings is 2. The Balaban J connectivity index is 2.19. The monoisotopic (exact) mass is 348 g/mol. The van der Waals surface area contributed by atoms with Gasteiger partial charge in [-0.3, -0.25) is 4.79 Å².